The van der Waals surface area contributed by atoms with Gasteiger partial charge in [-0.1, -0.05) is 165 Å². The fourth-order valence-electron chi connectivity index (χ4n) is 7.33. The fourth-order valence-corrected chi connectivity index (χ4v) is 7.33. The molecule has 1 heterocycles. The largest absolute Gasteiger partial charge is 0.208 e. The predicted octanol–water partition coefficient (Wildman–Crippen LogP) is 11.8. The van der Waals surface area contributed by atoms with E-state index in [9.17, 15) is 0 Å². The monoisotopic (exact) mass is 627 g/mol. The van der Waals surface area contributed by atoms with Gasteiger partial charge in [0.05, 0.1) is 0 Å². The molecule has 49 heavy (non-hydrogen) atoms. The molecule has 8 aromatic rings. The molecule has 3 nitrogen and oxygen atoms in total. The number of nitrogens with zero attached hydrogens (tertiary/aromatic N) is 3. The third-order valence-corrected chi connectivity index (χ3v) is 9.69. The predicted molar refractivity (Wildman–Crippen MR) is 205 cm³/mol. The van der Waals surface area contributed by atoms with Crippen LogP contribution in [0.15, 0.2) is 164 Å². The lowest BCUT2D eigenvalue weighted by atomic mass is 9.81. The van der Waals surface area contributed by atoms with Gasteiger partial charge in [0.25, 0.3) is 0 Å². The van der Waals surface area contributed by atoms with E-state index in [2.05, 4.69) is 134 Å². The normalized spacial score (nSPS) is 14.6. The van der Waals surface area contributed by atoms with E-state index >= 15 is 0 Å². The highest BCUT2D eigenvalue weighted by atomic mass is 15.0. The molecule has 0 bridgehead atoms. The Bertz CT molecular complexity index is 2490. The smallest absolute Gasteiger partial charge is 0.164 e. The molecule has 232 valence electrons. The van der Waals surface area contributed by atoms with Gasteiger partial charge in [-0.3, -0.25) is 0 Å². The van der Waals surface area contributed by atoms with Gasteiger partial charge in [-0.15, -0.1) is 0 Å². The molecule has 0 N–H and O–H groups in total. The molecular weight excluding hydrogens is 595 g/mol. The number of hydrogen-bond acceptors (Lipinski definition) is 3. The van der Waals surface area contributed by atoms with Gasteiger partial charge in [-0.25, -0.2) is 15.0 Å². The molecule has 0 aliphatic heterocycles. The van der Waals surface area contributed by atoms with Crippen molar-refractivity contribution in [3.63, 3.8) is 0 Å². The Balaban J connectivity index is 1.26. The van der Waals surface area contributed by atoms with Crippen molar-refractivity contribution in [2.75, 3.05) is 0 Å². The summed E-state index contributed by atoms with van der Waals surface area (Å²) in [5.41, 5.74) is 7.85. The molecule has 0 radical (unpaired) electrons. The van der Waals surface area contributed by atoms with E-state index in [0.29, 0.717) is 23.4 Å². The highest BCUT2D eigenvalue weighted by molar-refractivity contribution is 6.25. The van der Waals surface area contributed by atoms with E-state index < -0.39 is 0 Å². The minimum atomic E-state index is 0.398. The number of allylic oxidation sites excluding steroid dienone is 4. The third kappa shape index (κ3) is 5.21. The van der Waals surface area contributed by atoms with E-state index in [1.807, 2.05) is 36.4 Å². The van der Waals surface area contributed by atoms with Crippen LogP contribution in [0.3, 0.4) is 0 Å². The van der Waals surface area contributed by atoms with Gasteiger partial charge in [-0.05, 0) is 73.0 Å². The van der Waals surface area contributed by atoms with Gasteiger partial charge in [0.2, 0.25) is 0 Å². The van der Waals surface area contributed by atoms with Crippen molar-refractivity contribution >= 4 is 43.5 Å². The first-order chi connectivity index (χ1) is 24.2. The Morgan fingerprint density at radius 1 is 0.429 bits per heavy atom. The molecule has 1 unspecified atom stereocenters. The Kier molecular flexibility index (Phi) is 7.17. The molecule has 1 aromatic heterocycles. The van der Waals surface area contributed by atoms with Crippen LogP contribution in [-0.2, 0) is 0 Å². The van der Waals surface area contributed by atoms with Gasteiger partial charge in [0.1, 0.15) is 0 Å². The zero-order valence-corrected chi connectivity index (χ0v) is 27.2. The van der Waals surface area contributed by atoms with E-state index in [0.717, 1.165) is 28.7 Å². The van der Waals surface area contributed by atoms with Gasteiger partial charge < -0.3 is 0 Å². The maximum Gasteiger partial charge on any atom is 0.164 e. The second-order valence-electron chi connectivity index (χ2n) is 12.9. The van der Waals surface area contributed by atoms with Crippen molar-refractivity contribution in [3.05, 3.63) is 175 Å². The molecule has 1 atom stereocenters. The molecule has 0 fully saturated rings. The Hall–Kier alpha value is -6.19. The van der Waals surface area contributed by atoms with Gasteiger partial charge in [0, 0.05) is 16.7 Å². The van der Waals surface area contributed by atoms with Crippen LogP contribution >= 0.6 is 0 Å². The molecule has 9 rings (SSSR count). The first-order valence-corrected chi connectivity index (χ1v) is 16.9. The molecule has 0 amide bonds. The van der Waals surface area contributed by atoms with Crippen LogP contribution < -0.4 is 0 Å². The number of benzene rings is 7. The van der Waals surface area contributed by atoms with Crippen molar-refractivity contribution in [2.45, 2.75) is 13.3 Å². The van der Waals surface area contributed by atoms with Crippen LogP contribution in [0.1, 0.15) is 24.5 Å². The molecule has 0 saturated heterocycles. The third-order valence-electron chi connectivity index (χ3n) is 9.69. The fraction of sp³-hybridized carbons (Fsp3) is 0.0652. The summed E-state index contributed by atoms with van der Waals surface area (Å²) in [5.74, 6) is 2.40. The average Bonchev–Trinajstić information content (AvgIpc) is 3.18. The average molecular weight is 628 g/mol. The molecule has 1 aliphatic rings. The van der Waals surface area contributed by atoms with Crippen LogP contribution in [-0.4, -0.2) is 15.0 Å². The highest BCUT2D eigenvalue weighted by Gasteiger charge is 2.22. The summed E-state index contributed by atoms with van der Waals surface area (Å²) >= 11 is 0. The second kappa shape index (κ2) is 12.1. The minimum Gasteiger partial charge on any atom is -0.208 e. The van der Waals surface area contributed by atoms with Crippen molar-refractivity contribution in [1.29, 1.82) is 0 Å². The topological polar surface area (TPSA) is 38.7 Å². The summed E-state index contributed by atoms with van der Waals surface area (Å²) in [6.45, 7) is 2.29. The lowest BCUT2D eigenvalue weighted by Crippen LogP contribution is -2.05. The quantitative estimate of drug-likeness (QED) is 0.178. The van der Waals surface area contributed by atoms with E-state index in [1.54, 1.807) is 0 Å². The maximum atomic E-state index is 5.11. The second-order valence-corrected chi connectivity index (χ2v) is 12.9. The molecule has 0 saturated carbocycles. The Labute approximate surface area is 286 Å². The van der Waals surface area contributed by atoms with Crippen molar-refractivity contribution in [3.8, 4) is 34.2 Å². The summed E-state index contributed by atoms with van der Waals surface area (Å²) in [5, 5.41) is 7.69. The molecule has 3 heteroatoms. The standard InChI is InChI=1S/C46H33N3/c1-30-24-26-34(33-25-27-40-37-20-9-8-18-35(37)36-19-10-11-21-38(36)43(40)29-33)42(28-30)39-22-12-13-23-41(39)46-48-44(31-14-4-2-5-15-31)47-45(49-46)32-16-6-3-7-17-32/h2-27,29-30H,28H2,1H3. The summed E-state index contributed by atoms with van der Waals surface area (Å²) in [6, 6.07) is 53.5. The van der Waals surface area contributed by atoms with E-state index in [1.165, 1.54) is 49.0 Å². The minimum absolute atomic E-state index is 0.398. The van der Waals surface area contributed by atoms with Crippen molar-refractivity contribution < 1.29 is 0 Å². The summed E-state index contributed by atoms with van der Waals surface area (Å²) in [4.78, 5) is 15.2. The Morgan fingerprint density at radius 2 is 0.898 bits per heavy atom. The van der Waals surface area contributed by atoms with E-state index in [4.69, 9.17) is 15.0 Å². The Morgan fingerprint density at radius 3 is 1.49 bits per heavy atom. The molecule has 0 spiro atoms. The lowest BCUT2D eigenvalue weighted by molar-refractivity contribution is 0.751. The zero-order valence-electron chi connectivity index (χ0n) is 27.2. The van der Waals surface area contributed by atoms with Crippen molar-refractivity contribution in [2.24, 2.45) is 5.92 Å². The maximum absolute atomic E-state index is 5.11. The summed E-state index contributed by atoms with van der Waals surface area (Å²) < 4.78 is 0. The first-order valence-electron chi connectivity index (χ1n) is 16.9. The molecule has 7 aromatic carbocycles. The van der Waals surface area contributed by atoms with Gasteiger partial charge in [0.15, 0.2) is 17.5 Å². The van der Waals surface area contributed by atoms with Gasteiger partial charge in [-0.2, -0.15) is 0 Å². The van der Waals surface area contributed by atoms with E-state index in [-0.39, 0.29) is 0 Å². The first kappa shape index (κ1) is 29.0. The number of aromatic nitrogens is 3. The number of fused-ring (bicyclic) bond motifs is 6. The zero-order chi connectivity index (χ0) is 32.7. The van der Waals surface area contributed by atoms with Crippen molar-refractivity contribution in [1.82, 2.24) is 15.0 Å². The van der Waals surface area contributed by atoms with Crippen LogP contribution in [0.2, 0.25) is 0 Å². The van der Waals surface area contributed by atoms with Crippen LogP contribution in [0.5, 0.6) is 0 Å². The number of hydrogen-bond donors (Lipinski definition) is 0. The van der Waals surface area contributed by atoms with Crippen LogP contribution in [0.25, 0.3) is 77.6 Å². The lowest BCUT2D eigenvalue weighted by Gasteiger charge is -2.23. The van der Waals surface area contributed by atoms with Gasteiger partial charge >= 0.3 is 0 Å². The summed E-state index contributed by atoms with van der Waals surface area (Å²) in [7, 11) is 0. The molecule has 1 aliphatic carbocycles. The highest BCUT2D eigenvalue weighted by Crippen LogP contribution is 2.42. The summed E-state index contributed by atoms with van der Waals surface area (Å²) in [6.07, 6.45) is 5.58. The SMILES string of the molecule is CC1C=CC(c2ccc3c4ccccc4c4ccccc4c3c2)=C(c2ccccc2-c2nc(-c3ccccc3)nc(-c3ccccc3)n2)C1. The van der Waals surface area contributed by atoms with Crippen LogP contribution in [0.4, 0.5) is 0 Å². The van der Waals surface area contributed by atoms with Crippen LogP contribution in [0, 0.1) is 5.92 Å². The molecular formula is C46H33N3. The number of rotatable bonds is 5.